The van der Waals surface area contributed by atoms with Crippen molar-refractivity contribution in [1.29, 1.82) is 0 Å². The summed E-state index contributed by atoms with van der Waals surface area (Å²) in [4.78, 5) is 27.0. The zero-order valence-electron chi connectivity index (χ0n) is 38.0. The number of esters is 2. The molecule has 54 heavy (non-hydrogen) atoms. The van der Waals surface area contributed by atoms with E-state index in [-0.39, 0.29) is 11.9 Å². The summed E-state index contributed by atoms with van der Waals surface area (Å²) in [6.45, 7) is 25.4. The molecule has 0 fully saturated rings. The summed E-state index contributed by atoms with van der Waals surface area (Å²) in [5.74, 6) is 4.14. The first kappa shape index (κ1) is 52.9. The van der Waals surface area contributed by atoms with Crippen LogP contribution < -0.4 is 0 Å². The maximum Gasteiger partial charge on any atom is 0.305 e. The van der Waals surface area contributed by atoms with E-state index < -0.39 is 0 Å². The van der Waals surface area contributed by atoms with Gasteiger partial charge in [0.2, 0.25) is 0 Å². The molecule has 0 aliphatic rings. The van der Waals surface area contributed by atoms with Gasteiger partial charge in [0.1, 0.15) is 0 Å². The molecule has 6 nitrogen and oxygen atoms in total. The second kappa shape index (κ2) is 36.2. The van der Waals surface area contributed by atoms with E-state index in [1.807, 2.05) is 0 Å². The highest BCUT2D eigenvalue weighted by Crippen LogP contribution is 2.23. The first-order valence-corrected chi connectivity index (χ1v) is 23.4. The van der Waals surface area contributed by atoms with Gasteiger partial charge in [-0.25, -0.2) is 0 Å². The van der Waals surface area contributed by atoms with Crippen LogP contribution in [0.5, 0.6) is 0 Å². The molecule has 6 heteroatoms. The van der Waals surface area contributed by atoms with E-state index in [1.54, 1.807) is 0 Å². The van der Waals surface area contributed by atoms with Gasteiger partial charge in [0.15, 0.2) is 0 Å². The normalized spacial score (nSPS) is 13.8. The predicted octanol–water partition coefficient (Wildman–Crippen LogP) is 13.5. The second-order valence-corrected chi connectivity index (χ2v) is 18.5. The minimum Gasteiger partial charge on any atom is -0.465 e. The summed E-state index contributed by atoms with van der Waals surface area (Å²) in [6.07, 6.45) is 26.4. The fourth-order valence-electron chi connectivity index (χ4n) is 7.19. The molecule has 0 amide bonds. The van der Waals surface area contributed by atoms with Crippen LogP contribution in [-0.2, 0) is 23.8 Å². The number of unbranched alkanes of at least 4 members (excludes halogenated alkanes) is 12. The van der Waals surface area contributed by atoms with E-state index in [2.05, 4.69) is 74.3 Å². The van der Waals surface area contributed by atoms with Crippen molar-refractivity contribution < 1.29 is 23.8 Å². The van der Waals surface area contributed by atoms with Crippen LogP contribution in [0.1, 0.15) is 210 Å². The van der Waals surface area contributed by atoms with Gasteiger partial charge in [-0.2, -0.15) is 0 Å². The van der Waals surface area contributed by atoms with Crippen LogP contribution in [-0.4, -0.2) is 63.4 Å². The number of hydrogen-bond acceptors (Lipinski definition) is 6. The van der Waals surface area contributed by atoms with Crippen molar-refractivity contribution in [3.63, 3.8) is 0 Å². The number of rotatable bonds is 39. The minimum absolute atomic E-state index is 0.00670. The van der Waals surface area contributed by atoms with Gasteiger partial charge in [-0.3, -0.25) is 9.59 Å². The molecule has 0 aromatic heterocycles. The molecule has 0 saturated carbocycles. The molecule has 0 bridgehead atoms. The Morgan fingerprint density at radius 2 is 0.870 bits per heavy atom. The lowest BCUT2D eigenvalue weighted by Crippen LogP contribution is -2.20. The lowest BCUT2D eigenvalue weighted by molar-refractivity contribution is -0.146. The highest BCUT2D eigenvalue weighted by Gasteiger charge is 2.18. The summed E-state index contributed by atoms with van der Waals surface area (Å²) >= 11 is 0. The van der Waals surface area contributed by atoms with E-state index in [0.717, 1.165) is 71.2 Å². The number of ether oxygens (including phenoxy) is 3. The lowest BCUT2D eigenvalue weighted by Gasteiger charge is -2.21. The summed E-state index contributed by atoms with van der Waals surface area (Å²) < 4.78 is 17.5. The van der Waals surface area contributed by atoms with E-state index in [0.29, 0.717) is 67.5 Å². The van der Waals surface area contributed by atoms with Crippen molar-refractivity contribution in [2.24, 2.45) is 41.4 Å². The van der Waals surface area contributed by atoms with Gasteiger partial charge in [-0.05, 0) is 100.0 Å². The molecule has 0 radical (unpaired) electrons. The van der Waals surface area contributed by atoms with E-state index in [9.17, 15) is 9.59 Å². The van der Waals surface area contributed by atoms with Crippen molar-refractivity contribution in [1.82, 2.24) is 4.90 Å². The summed E-state index contributed by atoms with van der Waals surface area (Å²) in [5, 5.41) is 0. The Kier molecular flexibility index (Phi) is 35.5. The molecule has 0 saturated heterocycles. The predicted molar refractivity (Wildman–Crippen MR) is 232 cm³/mol. The summed E-state index contributed by atoms with van der Waals surface area (Å²) in [6, 6.07) is 0. The Bertz CT molecular complexity index is 785. The second-order valence-electron chi connectivity index (χ2n) is 18.5. The first-order chi connectivity index (χ1) is 25.8. The largest absolute Gasteiger partial charge is 0.465 e. The van der Waals surface area contributed by atoms with E-state index >= 15 is 0 Å². The Labute approximate surface area is 337 Å². The SMILES string of the molecule is CCN(C)CCCOCC(CCCCCCCCCC(=O)OCC(CCC(C)C)C(C)C)CCCCCCCCCC(=O)OCC(CCC(C)C)C(C)C. The Morgan fingerprint density at radius 1 is 0.481 bits per heavy atom. The van der Waals surface area contributed by atoms with Crippen LogP contribution in [0.3, 0.4) is 0 Å². The molecule has 0 spiro atoms. The van der Waals surface area contributed by atoms with E-state index in [1.165, 1.54) is 89.9 Å². The third kappa shape index (κ3) is 34.1. The Balaban J connectivity index is 4.17. The van der Waals surface area contributed by atoms with Crippen molar-refractivity contribution in [2.45, 2.75) is 210 Å². The number of hydrogen-bond donors (Lipinski definition) is 0. The van der Waals surface area contributed by atoms with Crippen molar-refractivity contribution in [3.8, 4) is 0 Å². The lowest BCUT2D eigenvalue weighted by atomic mass is 9.89. The van der Waals surface area contributed by atoms with Gasteiger partial charge < -0.3 is 19.1 Å². The monoisotopic (exact) mass is 766 g/mol. The fraction of sp³-hybridized carbons (Fsp3) is 0.958. The first-order valence-electron chi connectivity index (χ1n) is 23.4. The van der Waals surface area contributed by atoms with Crippen LogP contribution in [0.2, 0.25) is 0 Å². The molecule has 2 atom stereocenters. The highest BCUT2D eigenvalue weighted by molar-refractivity contribution is 5.69. The zero-order valence-corrected chi connectivity index (χ0v) is 38.0. The van der Waals surface area contributed by atoms with Gasteiger partial charge in [0.05, 0.1) is 13.2 Å². The molecule has 0 aromatic rings. The summed E-state index contributed by atoms with van der Waals surface area (Å²) in [5.41, 5.74) is 0. The minimum atomic E-state index is -0.00670. The quantitative estimate of drug-likeness (QED) is 0.0459. The van der Waals surface area contributed by atoms with Crippen LogP contribution in [0.15, 0.2) is 0 Å². The van der Waals surface area contributed by atoms with Crippen molar-refractivity contribution in [2.75, 3.05) is 46.6 Å². The van der Waals surface area contributed by atoms with Crippen molar-refractivity contribution in [3.05, 3.63) is 0 Å². The third-order valence-electron chi connectivity index (χ3n) is 11.7. The van der Waals surface area contributed by atoms with Gasteiger partial charge in [0.25, 0.3) is 0 Å². The molecule has 2 unspecified atom stereocenters. The average Bonchev–Trinajstić information content (AvgIpc) is 3.11. The third-order valence-corrected chi connectivity index (χ3v) is 11.7. The fourth-order valence-corrected chi connectivity index (χ4v) is 7.19. The smallest absolute Gasteiger partial charge is 0.305 e. The van der Waals surface area contributed by atoms with Gasteiger partial charge >= 0.3 is 11.9 Å². The Hall–Kier alpha value is -1.14. The molecular formula is C48H95NO5. The molecule has 0 aliphatic heterocycles. The van der Waals surface area contributed by atoms with Crippen LogP contribution >= 0.6 is 0 Å². The molecule has 0 rings (SSSR count). The highest BCUT2D eigenvalue weighted by atomic mass is 16.5. The van der Waals surface area contributed by atoms with E-state index in [4.69, 9.17) is 14.2 Å². The number of carbonyl (C=O) groups is 2. The number of nitrogens with zero attached hydrogens (tertiary/aromatic N) is 1. The van der Waals surface area contributed by atoms with Gasteiger partial charge in [-0.15, -0.1) is 0 Å². The molecule has 0 N–H and O–H groups in total. The number of carbonyl (C=O) groups excluding carboxylic acids is 2. The molecule has 0 aliphatic carbocycles. The van der Waals surface area contributed by atoms with Gasteiger partial charge in [-0.1, -0.05) is 152 Å². The van der Waals surface area contributed by atoms with Crippen molar-refractivity contribution >= 4 is 11.9 Å². The van der Waals surface area contributed by atoms with Crippen LogP contribution in [0.25, 0.3) is 0 Å². The topological polar surface area (TPSA) is 65.1 Å². The molecular weight excluding hydrogens is 671 g/mol. The van der Waals surface area contributed by atoms with Crippen LogP contribution in [0, 0.1) is 41.4 Å². The van der Waals surface area contributed by atoms with Gasteiger partial charge in [0, 0.05) is 32.6 Å². The molecule has 0 heterocycles. The standard InChI is InChI=1S/C48H95NO5/c1-11-49(10)35-26-36-52-37-44(27-22-18-14-12-16-20-24-29-47(50)53-38-45(42(6)7)33-31-40(2)3)28-23-19-15-13-17-21-25-30-48(51)54-39-46(43(8)9)34-32-41(4)5/h40-46H,11-39H2,1-10H3. The Morgan fingerprint density at radius 3 is 1.24 bits per heavy atom. The van der Waals surface area contributed by atoms with Crippen LogP contribution in [0.4, 0.5) is 0 Å². The molecule has 322 valence electrons. The summed E-state index contributed by atoms with van der Waals surface area (Å²) in [7, 11) is 2.18. The maximum absolute atomic E-state index is 12.3. The molecule has 0 aromatic carbocycles. The zero-order chi connectivity index (χ0) is 40.4. The average molecular weight is 766 g/mol. The maximum atomic E-state index is 12.3.